The van der Waals surface area contributed by atoms with Gasteiger partial charge in [0.2, 0.25) is 5.75 Å². The van der Waals surface area contributed by atoms with Gasteiger partial charge in [-0.1, -0.05) is 23.7 Å². The topological polar surface area (TPSA) is 66.9 Å². The van der Waals surface area contributed by atoms with Gasteiger partial charge >= 0.3 is 6.18 Å². The Hall–Kier alpha value is -4.05. The Bertz CT molecular complexity index is 1570. The number of fused-ring (bicyclic) bond motifs is 3. The van der Waals surface area contributed by atoms with E-state index in [2.05, 4.69) is 4.98 Å². The van der Waals surface area contributed by atoms with Gasteiger partial charge < -0.3 is 18.9 Å². The van der Waals surface area contributed by atoms with Gasteiger partial charge in [0.15, 0.2) is 23.1 Å². The van der Waals surface area contributed by atoms with E-state index in [1.165, 1.54) is 31.5 Å². The number of halogens is 5. The molecule has 1 aromatic heterocycles. The molecule has 0 bridgehead atoms. The smallest absolute Gasteiger partial charge is 0.417 e. The number of carbonyl (C=O) groups excluding carboxylic acids is 1. The number of methoxy groups -OCH3 is 1. The van der Waals surface area contributed by atoms with Crippen molar-refractivity contribution in [3.8, 4) is 28.7 Å². The minimum atomic E-state index is -4.64. The molecule has 4 aromatic rings. The molecule has 39 heavy (non-hydrogen) atoms. The van der Waals surface area contributed by atoms with Crippen molar-refractivity contribution < 1.29 is 41.3 Å². The molecule has 1 aliphatic rings. The number of ether oxygens (including phenoxy) is 4. The third kappa shape index (κ3) is 5.56. The van der Waals surface area contributed by atoms with Crippen molar-refractivity contribution in [2.45, 2.75) is 19.0 Å². The SMILES string of the molecule is COc1cc2nccc(Oc3ccc(CC(=O)Cc4ccc(Cl)c(C(F)(F)F)c4)cc3F)c2c2c1OCCO2. The second-order valence-electron chi connectivity index (χ2n) is 8.71. The van der Waals surface area contributed by atoms with Crippen molar-refractivity contribution in [1.82, 2.24) is 4.98 Å². The van der Waals surface area contributed by atoms with Crippen LogP contribution in [-0.2, 0) is 23.8 Å². The van der Waals surface area contributed by atoms with E-state index >= 15 is 4.39 Å². The number of ketones is 1. The molecule has 0 aliphatic carbocycles. The molecule has 0 radical (unpaired) electrons. The lowest BCUT2D eigenvalue weighted by molar-refractivity contribution is -0.137. The second-order valence-corrected chi connectivity index (χ2v) is 9.12. The zero-order chi connectivity index (χ0) is 27.7. The molecule has 0 fully saturated rings. The standard InChI is InChI=1S/C28H20ClF4NO5/c1-36-24-14-21-25(27-26(24)37-8-9-38-27)23(6-7-34-21)39-22-5-3-16(13-20(22)30)11-17(35)10-15-2-4-19(29)18(12-15)28(31,32)33/h2-7,12-14H,8-11H2,1H3. The first-order chi connectivity index (χ1) is 18.6. The van der Waals surface area contributed by atoms with Gasteiger partial charge in [-0.05, 0) is 41.5 Å². The molecule has 0 unspecified atom stereocenters. The summed E-state index contributed by atoms with van der Waals surface area (Å²) in [5.74, 6) is 0.258. The van der Waals surface area contributed by atoms with Gasteiger partial charge in [-0.25, -0.2) is 4.39 Å². The van der Waals surface area contributed by atoms with E-state index < -0.39 is 28.4 Å². The lowest BCUT2D eigenvalue weighted by Gasteiger charge is -2.23. The number of rotatable bonds is 7. The Morgan fingerprint density at radius 1 is 0.949 bits per heavy atom. The van der Waals surface area contributed by atoms with Crippen LogP contribution in [0.15, 0.2) is 54.7 Å². The summed E-state index contributed by atoms with van der Waals surface area (Å²) < 4.78 is 77.1. The van der Waals surface area contributed by atoms with E-state index in [-0.39, 0.29) is 29.9 Å². The van der Waals surface area contributed by atoms with Crippen molar-refractivity contribution in [2.24, 2.45) is 0 Å². The van der Waals surface area contributed by atoms with Gasteiger partial charge in [-0.2, -0.15) is 13.2 Å². The molecule has 11 heteroatoms. The largest absolute Gasteiger partial charge is 0.493 e. The molecule has 2 heterocycles. The highest BCUT2D eigenvalue weighted by atomic mass is 35.5. The van der Waals surface area contributed by atoms with Crippen LogP contribution in [-0.4, -0.2) is 31.1 Å². The lowest BCUT2D eigenvalue weighted by atomic mass is 10.0. The molecule has 5 rings (SSSR count). The summed E-state index contributed by atoms with van der Waals surface area (Å²) in [5, 5.41) is 0.0323. The number of hydrogen-bond acceptors (Lipinski definition) is 6. The molecule has 0 amide bonds. The second kappa shape index (κ2) is 10.6. The van der Waals surface area contributed by atoms with E-state index in [0.717, 1.165) is 18.2 Å². The van der Waals surface area contributed by atoms with Crippen molar-refractivity contribution >= 4 is 28.3 Å². The minimum absolute atomic E-state index is 0.104. The molecule has 0 saturated carbocycles. The maximum Gasteiger partial charge on any atom is 0.417 e. The Labute approximate surface area is 225 Å². The maximum atomic E-state index is 15.0. The molecule has 0 spiro atoms. The average molecular weight is 562 g/mol. The average Bonchev–Trinajstić information content (AvgIpc) is 2.90. The fourth-order valence-corrected chi connectivity index (χ4v) is 4.51. The molecule has 6 nitrogen and oxygen atoms in total. The number of carbonyl (C=O) groups is 1. The van der Waals surface area contributed by atoms with Crippen LogP contribution in [0.4, 0.5) is 17.6 Å². The third-order valence-electron chi connectivity index (χ3n) is 6.02. The van der Waals surface area contributed by atoms with Gasteiger partial charge in [0.1, 0.15) is 24.7 Å². The number of pyridine rings is 1. The summed E-state index contributed by atoms with van der Waals surface area (Å²) in [6, 6.07) is 10.6. The van der Waals surface area contributed by atoms with Gasteiger partial charge in [-0.3, -0.25) is 9.78 Å². The summed E-state index contributed by atoms with van der Waals surface area (Å²) in [6.07, 6.45) is -3.59. The summed E-state index contributed by atoms with van der Waals surface area (Å²) in [4.78, 5) is 16.9. The van der Waals surface area contributed by atoms with E-state index in [4.69, 9.17) is 30.5 Å². The van der Waals surface area contributed by atoms with Crippen LogP contribution in [0, 0.1) is 5.82 Å². The molecule has 0 saturated heterocycles. The molecular formula is C28H20ClF4NO5. The van der Waals surface area contributed by atoms with Crippen molar-refractivity contribution in [3.63, 3.8) is 0 Å². The Balaban J connectivity index is 1.35. The van der Waals surface area contributed by atoms with Crippen LogP contribution in [0.3, 0.4) is 0 Å². The molecule has 202 valence electrons. The van der Waals surface area contributed by atoms with Gasteiger partial charge in [0.05, 0.1) is 28.6 Å². The van der Waals surface area contributed by atoms with E-state index in [9.17, 15) is 18.0 Å². The molecule has 0 atom stereocenters. The fourth-order valence-electron chi connectivity index (χ4n) is 4.28. The van der Waals surface area contributed by atoms with E-state index in [1.54, 1.807) is 12.1 Å². The van der Waals surface area contributed by atoms with Gasteiger partial charge in [-0.15, -0.1) is 0 Å². The monoisotopic (exact) mass is 561 g/mol. The number of benzene rings is 3. The normalized spacial score (nSPS) is 12.9. The number of nitrogens with zero attached hydrogens (tertiary/aromatic N) is 1. The fraction of sp³-hybridized carbons (Fsp3) is 0.214. The number of hydrogen-bond donors (Lipinski definition) is 0. The van der Waals surface area contributed by atoms with Crippen molar-refractivity contribution in [2.75, 3.05) is 20.3 Å². The summed E-state index contributed by atoms with van der Waals surface area (Å²) in [6.45, 7) is 0.635. The zero-order valence-corrected chi connectivity index (χ0v) is 21.2. The molecular weight excluding hydrogens is 542 g/mol. The highest BCUT2D eigenvalue weighted by Crippen LogP contribution is 2.48. The molecule has 1 aliphatic heterocycles. The lowest BCUT2D eigenvalue weighted by Crippen LogP contribution is -2.16. The zero-order valence-electron chi connectivity index (χ0n) is 20.4. The highest BCUT2D eigenvalue weighted by molar-refractivity contribution is 6.31. The Morgan fingerprint density at radius 2 is 1.64 bits per heavy atom. The number of alkyl halides is 3. The summed E-state index contributed by atoms with van der Waals surface area (Å²) >= 11 is 5.64. The van der Waals surface area contributed by atoms with E-state index in [1.807, 2.05) is 0 Å². The molecule has 0 N–H and O–H groups in total. The maximum absolute atomic E-state index is 15.0. The highest BCUT2D eigenvalue weighted by Gasteiger charge is 2.33. The summed E-state index contributed by atoms with van der Waals surface area (Å²) in [7, 11) is 1.50. The van der Waals surface area contributed by atoms with Crippen molar-refractivity contribution in [3.05, 3.63) is 82.3 Å². The number of aromatic nitrogens is 1. The molecule has 3 aromatic carbocycles. The van der Waals surface area contributed by atoms with Crippen LogP contribution in [0.2, 0.25) is 5.02 Å². The predicted octanol–water partition coefficient (Wildman–Crippen LogP) is 6.97. The Kier molecular flexibility index (Phi) is 7.22. The predicted molar refractivity (Wildman–Crippen MR) is 135 cm³/mol. The van der Waals surface area contributed by atoms with Crippen LogP contribution in [0.1, 0.15) is 16.7 Å². The Morgan fingerprint density at radius 3 is 2.33 bits per heavy atom. The first kappa shape index (κ1) is 26.6. The number of Topliss-reactive ketones (excluding diaryl/α,β-unsaturated/α-hetero) is 1. The summed E-state index contributed by atoms with van der Waals surface area (Å²) in [5.41, 5.74) is -0.0180. The minimum Gasteiger partial charge on any atom is -0.493 e. The first-order valence-corrected chi connectivity index (χ1v) is 12.1. The van der Waals surface area contributed by atoms with E-state index in [0.29, 0.717) is 46.9 Å². The third-order valence-corrected chi connectivity index (χ3v) is 6.35. The van der Waals surface area contributed by atoms with Crippen LogP contribution < -0.4 is 18.9 Å². The van der Waals surface area contributed by atoms with Crippen LogP contribution in [0.25, 0.3) is 10.9 Å². The van der Waals surface area contributed by atoms with Crippen LogP contribution >= 0.6 is 11.6 Å². The van der Waals surface area contributed by atoms with Crippen LogP contribution in [0.5, 0.6) is 28.7 Å². The van der Waals surface area contributed by atoms with Crippen molar-refractivity contribution in [1.29, 1.82) is 0 Å². The van der Waals surface area contributed by atoms with Gasteiger partial charge in [0, 0.05) is 25.1 Å². The quantitative estimate of drug-likeness (QED) is 0.227. The van der Waals surface area contributed by atoms with Gasteiger partial charge in [0.25, 0.3) is 0 Å². The first-order valence-electron chi connectivity index (χ1n) is 11.7.